The fraction of sp³-hybridized carbons (Fsp3) is 0.500. The van der Waals surface area contributed by atoms with Crippen LogP contribution in [0, 0.1) is 0 Å². The second kappa shape index (κ2) is 7.65. The molecule has 0 radical (unpaired) electrons. The zero-order chi connectivity index (χ0) is 17.7. The van der Waals surface area contributed by atoms with Crippen molar-refractivity contribution in [1.82, 2.24) is 9.80 Å². The first-order chi connectivity index (χ1) is 11.3. The van der Waals surface area contributed by atoms with Gasteiger partial charge in [0.2, 0.25) is 5.91 Å². The predicted octanol–water partition coefficient (Wildman–Crippen LogP) is 0.933. The van der Waals surface area contributed by atoms with E-state index in [4.69, 9.17) is 4.74 Å². The summed E-state index contributed by atoms with van der Waals surface area (Å²) in [5.41, 5.74) is 0.765. The smallest absolute Gasteiger partial charge is 0.409 e. The molecule has 1 saturated heterocycles. The molecule has 132 valence electrons. The van der Waals surface area contributed by atoms with Crippen LogP contribution in [0.1, 0.15) is 12.0 Å². The number of carbonyl (C=O) groups excluding carboxylic acids is 2. The largest absolute Gasteiger partial charge is 0.453 e. The molecule has 0 unspecified atom stereocenters. The number of rotatable bonds is 3. The number of amides is 2. The van der Waals surface area contributed by atoms with Gasteiger partial charge in [-0.05, 0) is 24.1 Å². The highest BCUT2D eigenvalue weighted by Crippen LogP contribution is 2.12. The topological polar surface area (TPSA) is 84.0 Å². The van der Waals surface area contributed by atoms with E-state index in [-0.39, 0.29) is 23.3 Å². The zero-order valence-electron chi connectivity index (χ0n) is 13.9. The lowest BCUT2D eigenvalue weighted by Crippen LogP contribution is -2.37. The van der Waals surface area contributed by atoms with Crippen molar-refractivity contribution in [2.24, 2.45) is 0 Å². The lowest BCUT2D eigenvalue weighted by atomic mass is 10.1. The summed E-state index contributed by atoms with van der Waals surface area (Å²) < 4.78 is 27.6. The summed E-state index contributed by atoms with van der Waals surface area (Å²) >= 11 is 0. The molecule has 1 aliphatic heterocycles. The summed E-state index contributed by atoms with van der Waals surface area (Å²) in [4.78, 5) is 27.5. The second-order valence-corrected chi connectivity index (χ2v) is 7.80. The van der Waals surface area contributed by atoms with Crippen LogP contribution in [0.25, 0.3) is 0 Å². The fourth-order valence-electron chi connectivity index (χ4n) is 2.62. The quantitative estimate of drug-likeness (QED) is 0.806. The van der Waals surface area contributed by atoms with Gasteiger partial charge in [-0.15, -0.1) is 0 Å². The Kier molecular flexibility index (Phi) is 5.82. The van der Waals surface area contributed by atoms with Crippen LogP contribution in [-0.4, -0.2) is 69.8 Å². The Balaban J connectivity index is 1.96. The van der Waals surface area contributed by atoms with Gasteiger partial charge in [-0.1, -0.05) is 12.1 Å². The molecular formula is C16H22N2O5S. The molecule has 2 amide bonds. The minimum absolute atomic E-state index is 0.0335. The maximum absolute atomic E-state index is 12.4. The van der Waals surface area contributed by atoms with E-state index in [2.05, 4.69) is 0 Å². The third-order valence-electron chi connectivity index (χ3n) is 3.99. The third-order valence-corrected chi connectivity index (χ3v) is 5.12. The predicted molar refractivity (Wildman–Crippen MR) is 88.4 cm³/mol. The molecule has 1 fully saturated rings. The zero-order valence-corrected chi connectivity index (χ0v) is 14.7. The van der Waals surface area contributed by atoms with Crippen molar-refractivity contribution in [3.05, 3.63) is 29.8 Å². The standard InChI is InChI=1S/C16H22N2O5S/c1-23-16(20)18-9-3-8-17(10-11-18)15(19)12-13-4-6-14(7-5-13)24(2,21)22/h4-7H,3,8-12H2,1-2H3. The van der Waals surface area contributed by atoms with E-state index in [1.54, 1.807) is 21.9 Å². The lowest BCUT2D eigenvalue weighted by Gasteiger charge is -2.21. The summed E-state index contributed by atoms with van der Waals surface area (Å²) in [5.74, 6) is -0.0335. The average Bonchev–Trinajstić information content (AvgIpc) is 2.80. The fourth-order valence-corrected chi connectivity index (χ4v) is 3.25. The summed E-state index contributed by atoms with van der Waals surface area (Å²) in [5, 5.41) is 0. The highest BCUT2D eigenvalue weighted by Gasteiger charge is 2.22. The highest BCUT2D eigenvalue weighted by molar-refractivity contribution is 7.90. The van der Waals surface area contributed by atoms with Crippen molar-refractivity contribution in [2.75, 3.05) is 39.5 Å². The first kappa shape index (κ1) is 18.3. The van der Waals surface area contributed by atoms with Crippen LogP contribution in [0.5, 0.6) is 0 Å². The van der Waals surface area contributed by atoms with Gasteiger partial charge >= 0.3 is 6.09 Å². The first-order valence-electron chi connectivity index (χ1n) is 7.71. The van der Waals surface area contributed by atoms with Gasteiger partial charge in [0.25, 0.3) is 0 Å². The normalized spacial score (nSPS) is 15.8. The van der Waals surface area contributed by atoms with E-state index in [0.29, 0.717) is 32.6 Å². The molecule has 0 bridgehead atoms. The van der Waals surface area contributed by atoms with Crippen LogP contribution in [-0.2, 0) is 25.8 Å². The SMILES string of the molecule is COC(=O)N1CCCN(C(=O)Cc2ccc(S(C)(=O)=O)cc2)CC1. The van der Waals surface area contributed by atoms with Crippen molar-refractivity contribution in [3.8, 4) is 0 Å². The van der Waals surface area contributed by atoms with Crippen LogP contribution in [0.4, 0.5) is 4.79 Å². The Labute approximate surface area is 142 Å². The van der Waals surface area contributed by atoms with Gasteiger partial charge < -0.3 is 14.5 Å². The van der Waals surface area contributed by atoms with Crippen molar-refractivity contribution in [2.45, 2.75) is 17.7 Å². The maximum atomic E-state index is 12.4. The van der Waals surface area contributed by atoms with E-state index < -0.39 is 9.84 Å². The van der Waals surface area contributed by atoms with Gasteiger partial charge in [0, 0.05) is 32.4 Å². The monoisotopic (exact) mass is 354 g/mol. The van der Waals surface area contributed by atoms with Crippen molar-refractivity contribution >= 4 is 21.8 Å². The average molecular weight is 354 g/mol. The van der Waals surface area contributed by atoms with Crippen LogP contribution in [0.15, 0.2) is 29.2 Å². The van der Waals surface area contributed by atoms with Crippen LogP contribution < -0.4 is 0 Å². The maximum Gasteiger partial charge on any atom is 0.409 e. The van der Waals surface area contributed by atoms with E-state index in [0.717, 1.165) is 11.8 Å². The van der Waals surface area contributed by atoms with E-state index in [9.17, 15) is 18.0 Å². The molecule has 1 aromatic rings. The van der Waals surface area contributed by atoms with E-state index >= 15 is 0 Å². The highest BCUT2D eigenvalue weighted by atomic mass is 32.2. The number of carbonyl (C=O) groups is 2. The van der Waals surface area contributed by atoms with E-state index in [1.807, 2.05) is 0 Å². The van der Waals surface area contributed by atoms with Gasteiger partial charge in [0.05, 0.1) is 18.4 Å². The molecule has 0 atom stereocenters. The summed E-state index contributed by atoms with van der Waals surface area (Å²) in [6.45, 7) is 2.08. The first-order valence-corrected chi connectivity index (χ1v) is 9.60. The number of nitrogens with zero attached hydrogens (tertiary/aromatic N) is 2. The van der Waals surface area contributed by atoms with Crippen LogP contribution in [0.3, 0.4) is 0 Å². The number of benzene rings is 1. The van der Waals surface area contributed by atoms with Crippen molar-refractivity contribution in [1.29, 1.82) is 0 Å². The van der Waals surface area contributed by atoms with Crippen molar-refractivity contribution < 1.29 is 22.7 Å². The van der Waals surface area contributed by atoms with Crippen molar-refractivity contribution in [3.63, 3.8) is 0 Å². The Bertz CT molecular complexity index is 700. The molecule has 1 aliphatic rings. The van der Waals surface area contributed by atoms with Gasteiger partial charge in [-0.2, -0.15) is 0 Å². The second-order valence-electron chi connectivity index (χ2n) is 5.78. The number of hydrogen-bond acceptors (Lipinski definition) is 5. The summed E-state index contributed by atoms with van der Waals surface area (Å²) in [7, 11) is -1.89. The minimum atomic E-state index is -3.23. The Morgan fingerprint density at radius 3 is 2.21 bits per heavy atom. The molecule has 1 heterocycles. The lowest BCUT2D eigenvalue weighted by molar-refractivity contribution is -0.130. The van der Waals surface area contributed by atoms with Crippen LogP contribution >= 0.6 is 0 Å². The molecule has 2 rings (SSSR count). The van der Waals surface area contributed by atoms with Gasteiger partial charge in [0.15, 0.2) is 9.84 Å². The Morgan fingerprint density at radius 2 is 1.62 bits per heavy atom. The molecule has 0 saturated carbocycles. The number of sulfone groups is 1. The Hall–Kier alpha value is -2.09. The molecule has 24 heavy (non-hydrogen) atoms. The van der Waals surface area contributed by atoms with Crippen LogP contribution in [0.2, 0.25) is 0 Å². The molecule has 0 N–H and O–H groups in total. The number of ether oxygens (including phenoxy) is 1. The molecule has 0 spiro atoms. The third kappa shape index (κ3) is 4.70. The summed E-state index contributed by atoms with van der Waals surface area (Å²) in [6, 6.07) is 6.35. The van der Waals surface area contributed by atoms with Gasteiger partial charge in [-0.25, -0.2) is 13.2 Å². The minimum Gasteiger partial charge on any atom is -0.453 e. The Morgan fingerprint density at radius 1 is 1.04 bits per heavy atom. The van der Waals surface area contributed by atoms with E-state index in [1.165, 1.54) is 19.2 Å². The molecule has 0 aromatic heterocycles. The molecule has 8 heteroatoms. The van der Waals surface area contributed by atoms with Gasteiger partial charge in [-0.3, -0.25) is 4.79 Å². The number of hydrogen-bond donors (Lipinski definition) is 0. The molecular weight excluding hydrogens is 332 g/mol. The molecule has 0 aliphatic carbocycles. The number of methoxy groups -OCH3 is 1. The molecule has 1 aromatic carbocycles. The summed E-state index contributed by atoms with van der Waals surface area (Å²) in [6.07, 6.45) is 1.69. The molecule has 7 nitrogen and oxygen atoms in total. The van der Waals surface area contributed by atoms with Gasteiger partial charge in [0.1, 0.15) is 0 Å².